The van der Waals surface area contributed by atoms with E-state index in [-0.39, 0.29) is 5.70 Å². The second-order valence-corrected chi connectivity index (χ2v) is 7.40. The van der Waals surface area contributed by atoms with Gasteiger partial charge in [0, 0.05) is 30.2 Å². The number of nitrogens with one attached hydrogen (secondary N) is 2. The normalized spacial score (nSPS) is 18.3. The molecule has 1 unspecified atom stereocenters. The van der Waals surface area contributed by atoms with Crippen molar-refractivity contribution in [2.24, 2.45) is 4.99 Å². The molecule has 30 heavy (non-hydrogen) atoms. The van der Waals surface area contributed by atoms with E-state index in [1.807, 2.05) is 81.8 Å². The predicted molar refractivity (Wildman–Crippen MR) is 120 cm³/mol. The first-order valence-electron chi connectivity index (χ1n) is 9.83. The molecule has 0 radical (unpaired) electrons. The summed E-state index contributed by atoms with van der Waals surface area (Å²) in [7, 11) is 5.83. The van der Waals surface area contributed by atoms with E-state index in [0.29, 0.717) is 12.1 Å². The van der Waals surface area contributed by atoms with Gasteiger partial charge in [0.15, 0.2) is 0 Å². The number of likely N-dealkylation sites (N-methyl/N-ethyl adjacent to an activating group) is 1. The number of benzene rings is 2. The molecule has 0 spiro atoms. The fraction of sp³-hybridized carbons (Fsp3) is 0.261. The monoisotopic (exact) mass is 405 g/mol. The van der Waals surface area contributed by atoms with Crippen LogP contribution in [0, 0.1) is 10.1 Å². The Morgan fingerprint density at radius 2 is 1.67 bits per heavy atom. The van der Waals surface area contributed by atoms with E-state index in [9.17, 15) is 10.1 Å². The van der Waals surface area contributed by atoms with Crippen LogP contribution in [-0.2, 0) is 0 Å². The van der Waals surface area contributed by atoms with Crippen molar-refractivity contribution < 1.29 is 4.92 Å². The third kappa shape index (κ3) is 4.82. The van der Waals surface area contributed by atoms with Crippen molar-refractivity contribution >= 4 is 5.71 Å². The van der Waals surface area contributed by atoms with Crippen LogP contribution in [0.4, 0.5) is 0 Å². The van der Waals surface area contributed by atoms with E-state index in [1.165, 1.54) is 6.20 Å². The Labute approximate surface area is 177 Å². The maximum atomic E-state index is 11.5. The van der Waals surface area contributed by atoms with Crippen molar-refractivity contribution in [3.63, 3.8) is 0 Å². The number of hydrogen-bond acceptors (Lipinski definition) is 6. The Bertz CT molecular complexity index is 926. The molecule has 0 saturated heterocycles. The van der Waals surface area contributed by atoms with Crippen molar-refractivity contribution in [3.8, 4) is 0 Å². The Morgan fingerprint density at radius 1 is 1.10 bits per heavy atom. The lowest BCUT2D eigenvalue weighted by molar-refractivity contribution is -0.420. The Hall–Kier alpha value is -3.29. The van der Waals surface area contributed by atoms with Gasteiger partial charge in [-0.25, -0.2) is 4.99 Å². The molecule has 7 nitrogen and oxygen atoms in total. The van der Waals surface area contributed by atoms with Gasteiger partial charge in [0.25, 0.3) is 5.70 Å². The topological polar surface area (TPSA) is 82.8 Å². The summed E-state index contributed by atoms with van der Waals surface area (Å²) >= 11 is 0. The minimum absolute atomic E-state index is 0.0232. The molecule has 1 atom stereocenters. The molecule has 0 aromatic heterocycles. The molecular weight excluding hydrogens is 378 g/mol. The molecule has 0 aliphatic carbocycles. The average Bonchev–Trinajstić information content (AvgIpc) is 2.77. The zero-order valence-electron chi connectivity index (χ0n) is 17.5. The zero-order chi connectivity index (χ0) is 21.6. The summed E-state index contributed by atoms with van der Waals surface area (Å²) in [6.45, 7) is 0.772. The molecule has 156 valence electrons. The molecule has 3 rings (SSSR count). The number of rotatable bonds is 8. The molecule has 1 aliphatic heterocycles. The van der Waals surface area contributed by atoms with Gasteiger partial charge in [-0.3, -0.25) is 15.4 Å². The molecule has 0 amide bonds. The molecule has 0 saturated carbocycles. The van der Waals surface area contributed by atoms with Gasteiger partial charge in [0.1, 0.15) is 5.66 Å². The van der Waals surface area contributed by atoms with Gasteiger partial charge in [0.2, 0.25) is 0 Å². The van der Waals surface area contributed by atoms with Crippen LogP contribution in [0.2, 0.25) is 0 Å². The summed E-state index contributed by atoms with van der Waals surface area (Å²) in [5.74, 6) is 0. The smallest absolute Gasteiger partial charge is 0.286 e. The first-order chi connectivity index (χ1) is 14.4. The van der Waals surface area contributed by atoms with Crippen LogP contribution in [0.25, 0.3) is 0 Å². The van der Waals surface area contributed by atoms with Crippen LogP contribution in [0.1, 0.15) is 17.5 Å². The first kappa shape index (κ1) is 21.4. The standard InChI is InChI=1S/C23H27N5O2/c1-24-23(14-15-27(2)3)21(16-20(17-25-23)28(29)30)26-22(18-10-6-4-7-11-18)19-12-8-5-9-13-19/h4-13,16-17,24-25H,14-15H2,1-3H3. The highest BCUT2D eigenvalue weighted by molar-refractivity contribution is 6.13. The van der Waals surface area contributed by atoms with E-state index in [4.69, 9.17) is 4.99 Å². The summed E-state index contributed by atoms with van der Waals surface area (Å²) in [6, 6.07) is 19.7. The van der Waals surface area contributed by atoms with E-state index >= 15 is 0 Å². The fourth-order valence-electron chi connectivity index (χ4n) is 3.33. The summed E-state index contributed by atoms with van der Waals surface area (Å²) < 4.78 is 0. The lowest BCUT2D eigenvalue weighted by Gasteiger charge is -2.37. The van der Waals surface area contributed by atoms with Gasteiger partial charge in [0.05, 0.1) is 22.5 Å². The maximum Gasteiger partial charge on any atom is 0.286 e. The van der Waals surface area contributed by atoms with Crippen molar-refractivity contribution in [3.05, 3.63) is 106 Å². The van der Waals surface area contributed by atoms with Gasteiger partial charge in [-0.05, 0) is 21.1 Å². The van der Waals surface area contributed by atoms with E-state index in [2.05, 4.69) is 15.5 Å². The fourth-order valence-corrected chi connectivity index (χ4v) is 3.33. The van der Waals surface area contributed by atoms with Gasteiger partial charge >= 0.3 is 0 Å². The second-order valence-electron chi connectivity index (χ2n) is 7.40. The van der Waals surface area contributed by atoms with Crippen LogP contribution < -0.4 is 10.6 Å². The van der Waals surface area contributed by atoms with Crippen molar-refractivity contribution in [2.75, 3.05) is 27.7 Å². The summed E-state index contributed by atoms with van der Waals surface area (Å²) in [5, 5.41) is 18.0. The summed E-state index contributed by atoms with van der Waals surface area (Å²) in [6.07, 6.45) is 3.66. The number of aliphatic imine (C=N–C) groups is 1. The summed E-state index contributed by atoms with van der Waals surface area (Å²) in [4.78, 5) is 18.1. The number of nitrogens with zero attached hydrogens (tertiary/aromatic N) is 3. The Balaban J connectivity index is 2.16. The minimum Gasteiger partial charge on any atom is -0.363 e. The van der Waals surface area contributed by atoms with E-state index in [0.717, 1.165) is 23.4 Å². The van der Waals surface area contributed by atoms with E-state index in [1.54, 1.807) is 6.08 Å². The molecule has 0 bridgehead atoms. The molecule has 1 heterocycles. The zero-order valence-corrected chi connectivity index (χ0v) is 17.5. The van der Waals surface area contributed by atoms with Crippen molar-refractivity contribution in [1.82, 2.24) is 15.5 Å². The predicted octanol–water partition coefficient (Wildman–Crippen LogP) is 3.00. The second kappa shape index (κ2) is 9.47. The SMILES string of the molecule is CNC1(CCN(C)C)NC=C([N+](=O)[O-])C=C1N=C(c1ccccc1)c1ccccc1. The highest BCUT2D eigenvalue weighted by Crippen LogP contribution is 2.27. The number of hydrogen-bond donors (Lipinski definition) is 2. The number of allylic oxidation sites excluding steroid dienone is 1. The molecule has 1 aliphatic rings. The van der Waals surface area contributed by atoms with Crippen LogP contribution >= 0.6 is 0 Å². The van der Waals surface area contributed by atoms with Crippen LogP contribution in [0.15, 0.2) is 89.3 Å². The van der Waals surface area contributed by atoms with Crippen molar-refractivity contribution in [2.45, 2.75) is 12.1 Å². The van der Waals surface area contributed by atoms with Gasteiger partial charge < -0.3 is 10.2 Å². The number of dihydropyridines is 1. The molecule has 2 aromatic carbocycles. The molecule has 2 aromatic rings. The quantitative estimate of drug-likeness (QED) is 0.401. The van der Waals surface area contributed by atoms with Gasteiger partial charge in [-0.2, -0.15) is 0 Å². The largest absolute Gasteiger partial charge is 0.363 e. The lowest BCUT2D eigenvalue weighted by atomic mass is 9.96. The molecular formula is C23H27N5O2. The highest BCUT2D eigenvalue weighted by atomic mass is 16.6. The van der Waals surface area contributed by atoms with Crippen LogP contribution in [0.3, 0.4) is 0 Å². The van der Waals surface area contributed by atoms with Gasteiger partial charge in [-0.1, -0.05) is 60.7 Å². The van der Waals surface area contributed by atoms with Gasteiger partial charge in [-0.15, -0.1) is 0 Å². The Morgan fingerprint density at radius 3 is 2.13 bits per heavy atom. The minimum atomic E-state index is -0.724. The third-order valence-corrected chi connectivity index (χ3v) is 5.09. The third-order valence-electron chi connectivity index (χ3n) is 5.09. The molecule has 0 fully saturated rings. The molecule has 7 heteroatoms. The molecule has 2 N–H and O–H groups in total. The maximum absolute atomic E-state index is 11.5. The average molecular weight is 406 g/mol. The van der Waals surface area contributed by atoms with Crippen LogP contribution in [-0.4, -0.2) is 48.9 Å². The van der Waals surface area contributed by atoms with Crippen molar-refractivity contribution in [1.29, 1.82) is 0 Å². The lowest BCUT2D eigenvalue weighted by Crippen LogP contribution is -2.57. The van der Waals surface area contributed by atoms with E-state index < -0.39 is 10.6 Å². The highest BCUT2D eigenvalue weighted by Gasteiger charge is 2.37. The first-order valence-corrected chi connectivity index (χ1v) is 9.83. The number of nitro groups is 1. The Kier molecular flexibility index (Phi) is 6.76. The van der Waals surface area contributed by atoms with Crippen LogP contribution in [0.5, 0.6) is 0 Å². The summed E-state index contributed by atoms with van der Waals surface area (Å²) in [5.41, 5.74) is 2.48.